The summed E-state index contributed by atoms with van der Waals surface area (Å²) >= 11 is 3.51. The monoisotopic (exact) mass is 524 g/mol. The number of aromatic amines is 1. The molecule has 0 unspecified atom stereocenters. The SMILES string of the molecule is CCN1CCN(c2ccc(Nc3ncnc(Oc4ccc5[nH]c(C)cc5c4F)c3Br)cc2)CC1. The molecular weight excluding hydrogens is 499 g/mol. The normalized spacial score (nSPS) is 14.5. The van der Waals surface area contributed by atoms with Crippen LogP contribution in [-0.4, -0.2) is 52.6 Å². The zero-order chi connectivity index (χ0) is 23.7. The van der Waals surface area contributed by atoms with Crippen LogP contribution in [0.5, 0.6) is 11.6 Å². The molecule has 0 aliphatic carbocycles. The van der Waals surface area contributed by atoms with E-state index < -0.39 is 5.82 Å². The quantitative estimate of drug-likeness (QED) is 0.330. The van der Waals surface area contributed by atoms with Crippen molar-refractivity contribution >= 4 is 44.0 Å². The average molecular weight is 525 g/mol. The van der Waals surface area contributed by atoms with E-state index in [1.807, 2.05) is 19.1 Å². The van der Waals surface area contributed by atoms with Crippen molar-refractivity contribution in [3.63, 3.8) is 0 Å². The number of fused-ring (bicyclic) bond motifs is 1. The summed E-state index contributed by atoms with van der Waals surface area (Å²) in [5.41, 5.74) is 3.70. The fourth-order valence-corrected chi connectivity index (χ4v) is 4.58. The molecule has 7 nitrogen and oxygen atoms in total. The van der Waals surface area contributed by atoms with Crippen molar-refractivity contribution < 1.29 is 9.13 Å². The Labute approximate surface area is 206 Å². The lowest BCUT2D eigenvalue weighted by Crippen LogP contribution is -2.46. The fraction of sp³-hybridized carbons (Fsp3) is 0.280. The van der Waals surface area contributed by atoms with Gasteiger partial charge < -0.3 is 24.8 Å². The predicted octanol–water partition coefficient (Wildman–Crippen LogP) is 5.85. The molecule has 2 N–H and O–H groups in total. The van der Waals surface area contributed by atoms with E-state index in [-0.39, 0.29) is 11.6 Å². The minimum atomic E-state index is -0.433. The first kappa shape index (κ1) is 22.6. The predicted molar refractivity (Wildman–Crippen MR) is 137 cm³/mol. The Kier molecular flexibility index (Phi) is 6.38. The Morgan fingerprint density at radius 2 is 1.85 bits per heavy atom. The van der Waals surface area contributed by atoms with Crippen molar-refractivity contribution in [1.82, 2.24) is 19.9 Å². The molecule has 1 aliphatic heterocycles. The number of piperazine rings is 1. The van der Waals surface area contributed by atoms with Crippen molar-refractivity contribution in [2.24, 2.45) is 0 Å². The largest absolute Gasteiger partial charge is 0.435 e. The number of rotatable bonds is 6. The topological polar surface area (TPSA) is 69.3 Å². The maximum atomic E-state index is 15.0. The van der Waals surface area contributed by atoms with Gasteiger partial charge in [-0.05, 0) is 71.9 Å². The van der Waals surface area contributed by atoms with Gasteiger partial charge in [0.15, 0.2) is 17.4 Å². The van der Waals surface area contributed by atoms with Crippen LogP contribution in [0.1, 0.15) is 12.6 Å². The third-order valence-corrected chi connectivity index (χ3v) is 6.83. The summed E-state index contributed by atoms with van der Waals surface area (Å²) in [4.78, 5) is 16.5. The van der Waals surface area contributed by atoms with Gasteiger partial charge in [0.1, 0.15) is 10.8 Å². The minimum absolute atomic E-state index is 0.101. The van der Waals surface area contributed by atoms with Gasteiger partial charge in [0.25, 0.3) is 0 Å². The van der Waals surface area contributed by atoms with Gasteiger partial charge in [0.05, 0.1) is 0 Å². The number of ether oxygens (including phenoxy) is 1. The highest BCUT2D eigenvalue weighted by Gasteiger charge is 2.17. The molecule has 0 amide bonds. The van der Waals surface area contributed by atoms with Gasteiger partial charge >= 0.3 is 0 Å². The molecule has 0 radical (unpaired) electrons. The molecule has 176 valence electrons. The summed E-state index contributed by atoms with van der Waals surface area (Å²) in [7, 11) is 0. The van der Waals surface area contributed by atoms with E-state index in [0.29, 0.717) is 15.7 Å². The number of nitrogens with zero attached hydrogens (tertiary/aromatic N) is 4. The lowest BCUT2D eigenvalue weighted by Gasteiger charge is -2.35. The van der Waals surface area contributed by atoms with Crippen molar-refractivity contribution in [2.45, 2.75) is 13.8 Å². The van der Waals surface area contributed by atoms with Gasteiger partial charge in [-0.15, -0.1) is 0 Å². The number of H-pyrrole nitrogens is 1. The highest BCUT2D eigenvalue weighted by atomic mass is 79.9. The smallest absolute Gasteiger partial charge is 0.239 e. The van der Waals surface area contributed by atoms with Gasteiger partial charge in [-0.3, -0.25) is 0 Å². The molecule has 2 aromatic carbocycles. The zero-order valence-electron chi connectivity index (χ0n) is 19.1. The highest BCUT2D eigenvalue weighted by molar-refractivity contribution is 9.10. The van der Waals surface area contributed by atoms with E-state index in [1.165, 1.54) is 12.0 Å². The van der Waals surface area contributed by atoms with Crippen LogP contribution < -0.4 is 15.0 Å². The number of likely N-dealkylation sites (N-methyl/N-ethyl adjacent to an activating group) is 1. The molecule has 0 spiro atoms. The molecule has 3 heterocycles. The molecule has 9 heteroatoms. The summed E-state index contributed by atoms with van der Waals surface area (Å²) in [6.45, 7) is 9.43. The molecule has 34 heavy (non-hydrogen) atoms. The second kappa shape index (κ2) is 9.60. The molecular formula is C25H26BrFN6O. The van der Waals surface area contributed by atoms with E-state index >= 15 is 0 Å². The standard InChI is InChI=1S/C25H26BrFN6O/c1-3-32-10-12-33(13-11-32)18-6-4-17(5-7-18)31-24-22(26)25(29-15-28-24)34-21-9-8-20-19(23(21)27)14-16(2)30-20/h4-9,14-15,30H,3,10-13H2,1-2H3,(H,28,29,31). The molecule has 5 rings (SSSR count). The number of halogens is 2. The number of hydrogen-bond donors (Lipinski definition) is 2. The summed E-state index contributed by atoms with van der Waals surface area (Å²) in [5, 5.41) is 3.77. The third kappa shape index (κ3) is 4.58. The first-order valence-corrected chi connectivity index (χ1v) is 12.1. The van der Waals surface area contributed by atoms with Gasteiger partial charge in [-0.1, -0.05) is 6.92 Å². The number of anilines is 3. The van der Waals surface area contributed by atoms with Crippen molar-refractivity contribution in [3.05, 3.63) is 64.8 Å². The van der Waals surface area contributed by atoms with Crippen molar-refractivity contribution in [3.8, 4) is 11.6 Å². The lowest BCUT2D eigenvalue weighted by molar-refractivity contribution is 0.271. The second-order valence-electron chi connectivity index (χ2n) is 8.33. The van der Waals surface area contributed by atoms with Crippen molar-refractivity contribution in [1.29, 1.82) is 0 Å². The van der Waals surface area contributed by atoms with E-state index in [2.05, 4.69) is 65.1 Å². The Morgan fingerprint density at radius 1 is 1.09 bits per heavy atom. The van der Waals surface area contributed by atoms with E-state index in [4.69, 9.17) is 4.74 Å². The molecule has 2 aromatic heterocycles. The molecule has 0 bridgehead atoms. The third-order valence-electron chi connectivity index (χ3n) is 6.12. The Bertz CT molecular complexity index is 1300. The van der Waals surface area contributed by atoms with Crippen molar-refractivity contribution in [2.75, 3.05) is 42.9 Å². The number of hydrogen-bond acceptors (Lipinski definition) is 6. The molecule has 4 aromatic rings. The molecule has 0 atom stereocenters. The van der Waals surface area contributed by atoms with Gasteiger partial charge in [-0.2, -0.15) is 0 Å². The fourth-order valence-electron chi connectivity index (χ4n) is 4.20. The summed E-state index contributed by atoms with van der Waals surface area (Å²) in [6.07, 6.45) is 1.39. The second-order valence-corrected chi connectivity index (χ2v) is 9.12. The van der Waals surface area contributed by atoms with Crippen LogP contribution in [0.3, 0.4) is 0 Å². The highest BCUT2D eigenvalue weighted by Crippen LogP contribution is 2.36. The lowest BCUT2D eigenvalue weighted by atomic mass is 10.2. The number of nitrogens with one attached hydrogen (secondary N) is 2. The van der Waals surface area contributed by atoms with Crippen LogP contribution in [0.25, 0.3) is 10.9 Å². The minimum Gasteiger partial charge on any atom is -0.435 e. The Balaban J connectivity index is 1.31. The first-order valence-electron chi connectivity index (χ1n) is 11.3. The van der Waals surface area contributed by atoms with Crippen LogP contribution in [0.4, 0.5) is 21.6 Å². The van der Waals surface area contributed by atoms with Gasteiger partial charge in [0.2, 0.25) is 5.88 Å². The van der Waals surface area contributed by atoms with Crippen LogP contribution in [0.2, 0.25) is 0 Å². The van der Waals surface area contributed by atoms with E-state index in [1.54, 1.807) is 18.2 Å². The number of aromatic nitrogens is 3. The number of benzene rings is 2. The average Bonchev–Trinajstić information content (AvgIpc) is 3.25. The van der Waals surface area contributed by atoms with Crippen LogP contribution in [0.15, 0.2) is 53.3 Å². The van der Waals surface area contributed by atoms with Gasteiger partial charge in [0, 0.05) is 54.2 Å². The van der Waals surface area contributed by atoms with Gasteiger partial charge in [-0.25, -0.2) is 14.4 Å². The molecule has 1 aliphatic rings. The maximum Gasteiger partial charge on any atom is 0.239 e. The van der Waals surface area contributed by atoms with E-state index in [9.17, 15) is 4.39 Å². The first-order chi connectivity index (χ1) is 16.5. The molecule has 0 saturated carbocycles. The van der Waals surface area contributed by atoms with Crippen LogP contribution in [-0.2, 0) is 0 Å². The van der Waals surface area contributed by atoms with Crippen LogP contribution in [0, 0.1) is 12.7 Å². The summed E-state index contributed by atoms with van der Waals surface area (Å²) < 4.78 is 21.3. The van der Waals surface area contributed by atoms with Crippen LogP contribution >= 0.6 is 15.9 Å². The Morgan fingerprint density at radius 3 is 2.59 bits per heavy atom. The summed E-state index contributed by atoms with van der Waals surface area (Å²) in [5.74, 6) is 0.434. The number of aryl methyl sites for hydroxylation is 1. The van der Waals surface area contributed by atoms with E-state index in [0.717, 1.165) is 49.6 Å². The molecule has 1 saturated heterocycles. The zero-order valence-corrected chi connectivity index (χ0v) is 20.7. The summed E-state index contributed by atoms with van der Waals surface area (Å²) in [6, 6.07) is 13.4. The molecule has 1 fully saturated rings. The maximum absolute atomic E-state index is 15.0. The Hall–Kier alpha value is -3.17.